The number of rotatable bonds is 2. The second-order valence-electron chi connectivity index (χ2n) is 4.67. The van der Waals surface area contributed by atoms with E-state index in [9.17, 15) is 9.59 Å². The van der Waals surface area contributed by atoms with Gasteiger partial charge in [-0.1, -0.05) is 0 Å². The van der Waals surface area contributed by atoms with Crippen LogP contribution in [0.25, 0.3) is 0 Å². The first-order valence-corrected chi connectivity index (χ1v) is 5.94. The third-order valence-electron chi connectivity index (χ3n) is 3.48. The van der Waals surface area contributed by atoms with Crippen molar-refractivity contribution >= 4 is 24.2 Å². The van der Waals surface area contributed by atoms with E-state index in [1.54, 1.807) is 4.90 Å². The lowest BCUT2D eigenvalue weighted by Gasteiger charge is -2.20. The zero-order valence-electron chi connectivity index (χ0n) is 10.1. The molecule has 2 saturated heterocycles. The Morgan fingerprint density at radius 2 is 2.18 bits per heavy atom. The van der Waals surface area contributed by atoms with Crippen LogP contribution in [0.1, 0.15) is 19.8 Å². The number of nitrogens with zero attached hydrogens (tertiary/aromatic N) is 2. The number of halogens is 1. The Morgan fingerprint density at radius 3 is 2.65 bits per heavy atom. The number of likely N-dealkylation sites (tertiary alicyclic amines) is 2. The van der Waals surface area contributed by atoms with Crippen molar-refractivity contribution in [2.45, 2.75) is 25.8 Å². The van der Waals surface area contributed by atoms with Crippen molar-refractivity contribution in [3.8, 4) is 0 Å². The molecule has 2 fully saturated rings. The van der Waals surface area contributed by atoms with Crippen molar-refractivity contribution in [1.29, 1.82) is 0 Å². The molecule has 2 amide bonds. The molecule has 17 heavy (non-hydrogen) atoms. The van der Waals surface area contributed by atoms with Gasteiger partial charge in [0.1, 0.15) is 0 Å². The third kappa shape index (κ3) is 2.90. The van der Waals surface area contributed by atoms with Crippen LogP contribution >= 0.6 is 12.4 Å². The molecule has 98 valence electrons. The van der Waals surface area contributed by atoms with Crippen LogP contribution < -0.4 is 5.73 Å². The number of hydrogen-bond acceptors (Lipinski definition) is 3. The standard InChI is InChI=1S/C11H19N3O2.ClH/c1-2-13-6-8(5-10(13)15)11(16)14-4-3-9(12)7-14;/h8-9H,2-7,12H2,1H3;1H/t8?,9-;/m1./s1. The first-order chi connectivity index (χ1) is 7.61. The third-order valence-corrected chi connectivity index (χ3v) is 3.48. The van der Waals surface area contributed by atoms with E-state index in [1.807, 2.05) is 11.8 Å². The maximum atomic E-state index is 12.1. The van der Waals surface area contributed by atoms with Crippen LogP contribution in [0.5, 0.6) is 0 Å². The van der Waals surface area contributed by atoms with E-state index < -0.39 is 0 Å². The highest BCUT2D eigenvalue weighted by atomic mass is 35.5. The lowest BCUT2D eigenvalue weighted by Crippen LogP contribution is -2.37. The van der Waals surface area contributed by atoms with Crippen molar-refractivity contribution in [1.82, 2.24) is 9.80 Å². The largest absolute Gasteiger partial charge is 0.342 e. The normalized spacial score (nSPS) is 28.5. The summed E-state index contributed by atoms with van der Waals surface area (Å²) in [6.07, 6.45) is 1.25. The number of nitrogens with two attached hydrogens (primary N) is 1. The zero-order valence-corrected chi connectivity index (χ0v) is 10.9. The van der Waals surface area contributed by atoms with Crippen LogP contribution in [0.3, 0.4) is 0 Å². The molecule has 2 N–H and O–H groups in total. The molecule has 0 radical (unpaired) electrons. The van der Waals surface area contributed by atoms with Crippen LogP contribution in [0.2, 0.25) is 0 Å². The molecule has 2 heterocycles. The van der Waals surface area contributed by atoms with Crippen molar-refractivity contribution < 1.29 is 9.59 Å². The van der Waals surface area contributed by atoms with Gasteiger partial charge in [0.05, 0.1) is 5.92 Å². The molecule has 5 nitrogen and oxygen atoms in total. The van der Waals surface area contributed by atoms with Crippen LogP contribution in [0.4, 0.5) is 0 Å². The number of carbonyl (C=O) groups is 2. The molecule has 6 heteroatoms. The smallest absolute Gasteiger partial charge is 0.228 e. The fourth-order valence-electron chi connectivity index (χ4n) is 2.49. The van der Waals surface area contributed by atoms with Crippen LogP contribution in [0.15, 0.2) is 0 Å². The lowest BCUT2D eigenvalue weighted by molar-refractivity contribution is -0.134. The fraction of sp³-hybridized carbons (Fsp3) is 0.818. The van der Waals surface area contributed by atoms with Crippen molar-refractivity contribution in [3.63, 3.8) is 0 Å². The Kier molecular flexibility index (Phi) is 4.77. The van der Waals surface area contributed by atoms with Crippen LogP contribution in [0, 0.1) is 5.92 Å². The fourth-order valence-corrected chi connectivity index (χ4v) is 2.49. The van der Waals surface area contributed by atoms with Gasteiger partial charge in [-0.3, -0.25) is 9.59 Å². The molecule has 0 aromatic heterocycles. The molecule has 0 aromatic carbocycles. The minimum Gasteiger partial charge on any atom is -0.342 e. The summed E-state index contributed by atoms with van der Waals surface area (Å²) in [6, 6.07) is 0.114. The molecular weight excluding hydrogens is 242 g/mol. The molecular formula is C11H20ClN3O2. The predicted octanol–water partition coefficient (Wildman–Crippen LogP) is -0.164. The lowest BCUT2D eigenvalue weighted by atomic mass is 10.1. The van der Waals surface area contributed by atoms with Gasteiger partial charge >= 0.3 is 0 Å². The van der Waals surface area contributed by atoms with Crippen LogP contribution in [-0.2, 0) is 9.59 Å². The highest BCUT2D eigenvalue weighted by Gasteiger charge is 2.37. The van der Waals surface area contributed by atoms with E-state index in [2.05, 4.69) is 0 Å². The molecule has 1 unspecified atom stereocenters. The van der Waals surface area contributed by atoms with Crippen LogP contribution in [-0.4, -0.2) is 53.8 Å². The summed E-state index contributed by atoms with van der Waals surface area (Å²) in [5, 5.41) is 0. The second-order valence-corrected chi connectivity index (χ2v) is 4.67. The Labute approximate surface area is 108 Å². The first-order valence-electron chi connectivity index (χ1n) is 5.94. The Balaban J connectivity index is 0.00000144. The minimum absolute atomic E-state index is 0. The molecule has 0 aromatic rings. The van der Waals surface area contributed by atoms with E-state index in [0.29, 0.717) is 26.1 Å². The molecule has 2 aliphatic rings. The predicted molar refractivity (Wildman–Crippen MR) is 66.8 cm³/mol. The van der Waals surface area contributed by atoms with Gasteiger partial charge in [0.25, 0.3) is 0 Å². The van der Waals surface area contributed by atoms with E-state index in [0.717, 1.165) is 13.0 Å². The molecule has 2 aliphatic heterocycles. The molecule has 2 atom stereocenters. The van der Waals surface area contributed by atoms with E-state index >= 15 is 0 Å². The molecule has 0 spiro atoms. The van der Waals surface area contributed by atoms with Gasteiger partial charge in [-0.15, -0.1) is 12.4 Å². The number of carbonyl (C=O) groups excluding carboxylic acids is 2. The van der Waals surface area contributed by atoms with E-state index in [-0.39, 0.29) is 36.2 Å². The number of hydrogen-bond donors (Lipinski definition) is 1. The maximum absolute atomic E-state index is 12.1. The Bertz CT molecular complexity index is 311. The zero-order chi connectivity index (χ0) is 11.7. The summed E-state index contributed by atoms with van der Waals surface area (Å²) in [4.78, 5) is 27.2. The van der Waals surface area contributed by atoms with Gasteiger partial charge in [-0.05, 0) is 13.3 Å². The molecule has 0 bridgehead atoms. The average molecular weight is 262 g/mol. The topological polar surface area (TPSA) is 66.6 Å². The number of amides is 2. The van der Waals surface area contributed by atoms with Crippen molar-refractivity contribution in [3.05, 3.63) is 0 Å². The molecule has 2 rings (SSSR count). The summed E-state index contributed by atoms with van der Waals surface area (Å²) >= 11 is 0. The highest BCUT2D eigenvalue weighted by molar-refractivity contribution is 5.89. The maximum Gasteiger partial charge on any atom is 0.228 e. The Hall–Kier alpha value is -0.810. The minimum atomic E-state index is -0.141. The Morgan fingerprint density at radius 1 is 1.47 bits per heavy atom. The van der Waals surface area contributed by atoms with Gasteiger partial charge in [-0.2, -0.15) is 0 Å². The summed E-state index contributed by atoms with van der Waals surface area (Å²) in [5.74, 6) is 0.0688. The summed E-state index contributed by atoms with van der Waals surface area (Å²) in [7, 11) is 0. The van der Waals surface area contributed by atoms with Crippen molar-refractivity contribution in [2.24, 2.45) is 11.7 Å². The van der Waals surface area contributed by atoms with Gasteiger partial charge in [0.2, 0.25) is 11.8 Å². The summed E-state index contributed by atoms with van der Waals surface area (Å²) in [6.45, 7) is 4.62. The summed E-state index contributed by atoms with van der Waals surface area (Å²) in [5.41, 5.74) is 5.77. The molecule has 0 aliphatic carbocycles. The quantitative estimate of drug-likeness (QED) is 0.751. The first kappa shape index (κ1) is 14.3. The highest BCUT2D eigenvalue weighted by Crippen LogP contribution is 2.21. The average Bonchev–Trinajstić information content (AvgIpc) is 2.83. The second kappa shape index (κ2) is 5.69. The summed E-state index contributed by atoms with van der Waals surface area (Å²) < 4.78 is 0. The van der Waals surface area contributed by atoms with Gasteiger partial charge in [0, 0.05) is 38.6 Å². The SMILES string of the molecule is CCN1CC(C(=O)N2CC[C@@H](N)C2)CC1=O.Cl. The van der Waals surface area contributed by atoms with Crippen molar-refractivity contribution in [2.75, 3.05) is 26.2 Å². The van der Waals surface area contributed by atoms with Gasteiger partial charge in [-0.25, -0.2) is 0 Å². The van der Waals surface area contributed by atoms with Gasteiger partial charge in [0.15, 0.2) is 0 Å². The molecule has 0 saturated carbocycles. The van der Waals surface area contributed by atoms with E-state index in [4.69, 9.17) is 5.73 Å². The monoisotopic (exact) mass is 261 g/mol. The van der Waals surface area contributed by atoms with Gasteiger partial charge < -0.3 is 15.5 Å². The van der Waals surface area contributed by atoms with E-state index in [1.165, 1.54) is 0 Å².